The van der Waals surface area contributed by atoms with Gasteiger partial charge in [0.1, 0.15) is 5.75 Å². The van der Waals surface area contributed by atoms with Crippen molar-refractivity contribution in [3.8, 4) is 5.75 Å². The fraction of sp³-hybridized carbons (Fsp3) is 0.467. The standard InChI is InChI=1S/C15H19NO4/c1-9(2)20-11-5-3-10(4-6-11)8-16-14(17)12-7-13(12)15(18)19/h3-6,9,12-13H,7-8H2,1-2H3,(H,16,17)(H,18,19). The Morgan fingerprint density at radius 2 is 1.95 bits per heavy atom. The second-order valence-corrected chi connectivity index (χ2v) is 5.32. The molecule has 5 heteroatoms. The molecule has 2 N–H and O–H groups in total. The molecule has 0 heterocycles. The fourth-order valence-electron chi connectivity index (χ4n) is 2.04. The van der Waals surface area contributed by atoms with E-state index in [1.54, 1.807) is 0 Å². The van der Waals surface area contributed by atoms with Gasteiger partial charge in [-0.05, 0) is 38.0 Å². The first-order valence-corrected chi connectivity index (χ1v) is 6.73. The van der Waals surface area contributed by atoms with Crippen molar-refractivity contribution in [1.29, 1.82) is 0 Å². The van der Waals surface area contributed by atoms with Gasteiger partial charge in [0.2, 0.25) is 5.91 Å². The zero-order valence-electron chi connectivity index (χ0n) is 11.6. The number of hydrogen-bond donors (Lipinski definition) is 2. The molecule has 1 aliphatic rings. The van der Waals surface area contributed by atoms with Crippen LogP contribution in [0.2, 0.25) is 0 Å². The van der Waals surface area contributed by atoms with E-state index in [4.69, 9.17) is 9.84 Å². The minimum absolute atomic E-state index is 0.128. The van der Waals surface area contributed by atoms with Gasteiger partial charge in [0.25, 0.3) is 0 Å². The van der Waals surface area contributed by atoms with Gasteiger partial charge in [-0.1, -0.05) is 12.1 Å². The van der Waals surface area contributed by atoms with Crippen LogP contribution in [0.5, 0.6) is 5.75 Å². The first-order valence-electron chi connectivity index (χ1n) is 6.73. The van der Waals surface area contributed by atoms with Gasteiger partial charge < -0.3 is 15.2 Å². The fourth-order valence-corrected chi connectivity index (χ4v) is 2.04. The number of carboxylic acids is 1. The molecule has 0 radical (unpaired) electrons. The number of rotatable bonds is 6. The quantitative estimate of drug-likeness (QED) is 0.831. The van der Waals surface area contributed by atoms with Crippen LogP contribution in [0.15, 0.2) is 24.3 Å². The summed E-state index contributed by atoms with van der Waals surface area (Å²) in [4.78, 5) is 22.4. The highest BCUT2D eigenvalue weighted by Gasteiger charge is 2.48. The van der Waals surface area contributed by atoms with Crippen molar-refractivity contribution in [3.05, 3.63) is 29.8 Å². The molecule has 1 aliphatic carbocycles. The molecule has 0 spiro atoms. The summed E-state index contributed by atoms with van der Waals surface area (Å²) in [6.45, 7) is 4.33. The van der Waals surface area contributed by atoms with Gasteiger partial charge in [0, 0.05) is 6.54 Å². The lowest BCUT2D eigenvalue weighted by Gasteiger charge is -2.10. The molecule has 0 aromatic heterocycles. The van der Waals surface area contributed by atoms with Crippen molar-refractivity contribution in [3.63, 3.8) is 0 Å². The summed E-state index contributed by atoms with van der Waals surface area (Å²) in [6.07, 6.45) is 0.575. The normalized spacial score (nSPS) is 20.6. The molecule has 20 heavy (non-hydrogen) atoms. The summed E-state index contributed by atoms with van der Waals surface area (Å²) in [5.41, 5.74) is 0.960. The van der Waals surface area contributed by atoms with E-state index in [0.717, 1.165) is 11.3 Å². The molecular formula is C15H19NO4. The number of carbonyl (C=O) groups is 2. The molecular weight excluding hydrogens is 258 g/mol. The van der Waals surface area contributed by atoms with Crippen LogP contribution in [0.1, 0.15) is 25.8 Å². The maximum absolute atomic E-state index is 11.7. The predicted octanol–water partition coefficient (Wildman–Crippen LogP) is 1.81. The molecule has 5 nitrogen and oxygen atoms in total. The maximum Gasteiger partial charge on any atom is 0.307 e. The van der Waals surface area contributed by atoms with E-state index in [-0.39, 0.29) is 17.9 Å². The predicted molar refractivity (Wildman–Crippen MR) is 73.3 cm³/mol. The van der Waals surface area contributed by atoms with Crippen molar-refractivity contribution in [2.75, 3.05) is 0 Å². The number of amides is 1. The molecule has 108 valence electrons. The number of carboxylic acid groups (broad SMARTS) is 1. The number of ether oxygens (including phenoxy) is 1. The highest BCUT2D eigenvalue weighted by atomic mass is 16.5. The lowest BCUT2D eigenvalue weighted by atomic mass is 10.2. The average molecular weight is 277 g/mol. The van der Waals surface area contributed by atoms with E-state index < -0.39 is 11.9 Å². The Kier molecular flexibility index (Phi) is 4.27. The van der Waals surface area contributed by atoms with Crippen LogP contribution in [0.4, 0.5) is 0 Å². The summed E-state index contributed by atoms with van der Waals surface area (Å²) in [5.74, 6) is -1.14. The summed E-state index contributed by atoms with van der Waals surface area (Å²) in [6, 6.07) is 7.50. The Hall–Kier alpha value is -2.04. The Balaban J connectivity index is 1.80. The highest BCUT2D eigenvalue weighted by molar-refractivity contribution is 5.89. The van der Waals surface area contributed by atoms with Crippen LogP contribution >= 0.6 is 0 Å². The van der Waals surface area contributed by atoms with Crippen molar-refractivity contribution in [2.45, 2.75) is 32.9 Å². The molecule has 1 amide bonds. The van der Waals surface area contributed by atoms with E-state index in [1.807, 2.05) is 38.1 Å². The Bertz CT molecular complexity index is 495. The van der Waals surface area contributed by atoms with Gasteiger partial charge in [-0.2, -0.15) is 0 Å². The molecule has 2 atom stereocenters. The largest absolute Gasteiger partial charge is 0.491 e. The van der Waals surface area contributed by atoms with Crippen LogP contribution in [-0.2, 0) is 16.1 Å². The lowest BCUT2D eigenvalue weighted by Crippen LogP contribution is -2.25. The molecule has 0 aliphatic heterocycles. The van der Waals surface area contributed by atoms with Crippen LogP contribution in [0.3, 0.4) is 0 Å². The van der Waals surface area contributed by atoms with Crippen molar-refractivity contribution in [2.24, 2.45) is 11.8 Å². The number of hydrogen-bond acceptors (Lipinski definition) is 3. The third-order valence-corrected chi connectivity index (χ3v) is 3.21. The van der Waals surface area contributed by atoms with Gasteiger partial charge in [-0.15, -0.1) is 0 Å². The summed E-state index contributed by atoms with van der Waals surface area (Å²) < 4.78 is 5.53. The summed E-state index contributed by atoms with van der Waals surface area (Å²) >= 11 is 0. The van der Waals surface area contributed by atoms with Gasteiger partial charge in [0.05, 0.1) is 17.9 Å². The second kappa shape index (κ2) is 5.94. The molecule has 0 saturated heterocycles. The number of nitrogens with one attached hydrogen (secondary N) is 1. The molecule has 1 saturated carbocycles. The van der Waals surface area contributed by atoms with E-state index in [1.165, 1.54) is 0 Å². The van der Waals surface area contributed by atoms with Crippen LogP contribution < -0.4 is 10.1 Å². The minimum atomic E-state index is -0.889. The first kappa shape index (κ1) is 14.4. The molecule has 0 bridgehead atoms. The molecule has 1 fully saturated rings. The van der Waals surface area contributed by atoms with Gasteiger partial charge in [0.15, 0.2) is 0 Å². The van der Waals surface area contributed by atoms with Crippen LogP contribution in [0, 0.1) is 11.8 Å². The maximum atomic E-state index is 11.7. The van der Waals surface area contributed by atoms with Gasteiger partial charge >= 0.3 is 5.97 Å². The van der Waals surface area contributed by atoms with E-state index >= 15 is 0 Å². The Morgan fingerprint density at radius 1 is 1.30 bits per heavy atom. The Labute approximate surface area is 117 Å². The smallest absolute Gasteiger partial charge is 0.307 e. The monoisotopic (exact) mass is 277 g/mol. The lowest BCUT2D eigenvalue weighted by molar-refractivity contribution is -0.140. The number of aliphatic carboxylic acids is 1. The van der Waals surface area contributed by atoms with Crippen LogP contribution in [0.25, 0.3) is 0 Å². The van der Waals surface area contributed by atoms with E-state index in [0.29, 0.717) is 13.0 Å². The highest BCUT2D eigenvalue weighted by Crippen LogP contribution is 2.38. The molecule has 2 unspecified atom stereocenters. The van der Waals surface area contributed by atoms with Crippen molar-refractivity contribution >= 4 is 11.9 Å². The zero-order chi connectivity index (χ0) is 14.7. The third kappa shape index (κ3) is 3.73. The Morgan fingerprint density at radius 3 is 2.45 bits per heavy atom. The van der Waals surface area contributed by atoms with Crippen molar-refractivity contribution in [1.82, 2.24) is 5.32 Å². The minimum Gasteiger partial charge on any atom is -0.491 e. The molecule has 1 aromatic carbocycles. The summed E-state index contributed by atoms with van der Waals surface area (Å²) in [7, 11) is 0. The van der Waals surface area contributed by atoms with Gasteiger partial charge in [-0.3, -0.25) is 9.59 Å². The van der Waals surface area contributed by atoms with Crippen LogP contribution in [-0.4, -0.2) is 23.1 Å². The number of benzene rings is 1. The zero-order valence-corrected chi connectivity index (χ0v) is 11.6. The van der Waals surface area contributed by atoms with E-state index in [2.05, 4.69) is 5.32 Å². The van der Waals surface area contributed by atoms with Crippen molar-refractivity contribution < 1.29 is 19.4 Å². The topological polar surface area (TPSA) is 75.6 Å². The first-order chi connectivity index (χ1) is 9.47. The average Bonchev–Trinajstić information content (AvgIpc) is 3.17. The second-order valence-electron chi connectivity index (χ2n) is 5.32. The number of carbonyl (C=O) groups excluding carboxylic acids is 1. The summed E-state index contributed by atoms with van der Waals surface area (Å²) in [5, 5.41) is 11.5. The van der Waals surface area contributed by atoms with E-state index in [9.17, 15) is 9.59 Å². The third-order valence-electron chi connectivity index (χ3n) is 3.21. The SMILES string of the molecule is CC(C)Oc1ccc(CNC(=O)C2CC2C(=O)O)cc1. The molecule has 2 rings (SSSR count). The molecule has 1 aromatic rings. The van der Waals surface area contributed by atoms with Gasteiger partial charge in [-0.25, -0.2) is 0 Å².